The lowest BCUT2D eigenvalue weighted by atomic mass is 9.93. The molecule has 0 aromatic carbocycles. The molecule has 6 nitrogen and oxygen atoms in total. The maximum absolute atomic E-state index is 13.1. The van der Waals surface area contributed by atoms with Gasteiger partial charge in [-0.2, -0.15) is 0 Å². The lowest BCUT2D eigenvalue weighted by Crippen LogP contribution is -3.12. The molecule has 4 rings (SSSR count). The van der Waals surface area contributed by atoms with E-state index in [4.69, 9.17) is 0 Å². The Morgan fingerprint density at radius 1 is 1.21 bits per heavy atom. The molecule has 0 unspecified atom stereocenters. The first-order chi connectivity index (χ1) is 13.6. The number of aromatic nitrogens is 1. The molecule has 7 heteroatoms. The van der Waals surface area contributed by atoms with Crippen LogP contribution in [0.2, 0.25) is 0 Å². The first-order valence-electron chi connectivity index (χ1n) is 10.3. The van der Waals surface area contributed by atoms with Crippen LogP contribution in [0.4, 0.5) is 5.82 Å². The second-order valence-electron chi connectivity index (χ2n) is 8.03. The molecule has 28 heavy (non-hydrogen) atoms. The molecule has 150 valence electrons. The summed E-state index contributed by atoms with van der Waals surface area (Å²) in [5, 5.41) is 15.0. The number of nitrogens with zero attached hydrogens (tertiary/aromatic N) is 1. The number of anilines is 1. The number of piperazine rings is 1. The highest BCUT2D eigenvalue weighted by Crippen LogP contribution is 2.25. The summed E-state index contributed by atoms with van der Waals surface area (Å²) in [6.07, 6.45) is 3.01. The van der Waals surface area contributed by atoms with Crippen LogP contribution in [0.15, 0.2) is 29.6 Å². The molecular weight excluding hydrogens is 372 g/mol. The SMILES string of the molecule is C[NH+]1CCN(c2[nH+]c(-c3cccs3)ccc2C(=O)NC2CCC(O)CC2)CC1. The molecule has 4 N–H and O–H groups in total. The second-order valence-corrected chi connectivity index (χ2v) is 8.98. The molecule has 0 atom stereocenters. The smallest absolute Gasteiger partial charge is 0.288 e. The molecule has 2 aromatic rings. The van der Waals surface area contributed by atoms with Gasteiger partial charge in [-0.3, -0.25) is 4.79 Å². The van der Waals surface area contributed by atoms with E-state index in [1.807, 2.05) is 18.2 Å². The number of hydrogen-bond donors (Lipinski definition) is 3. The van der Waals surface area contributed by atoms with Crippen molar-refractivity contribution in [2.75, 3.05) is 38.1 Å². The van der Waals surface area contributed by atoms with E-state index in [0.717, 1.165) is 63.4 Å². The Morgan fingerprint density at radius 3 is 2.64 bits per heavy atom. The number of amides is 1. The number of aliphatic hydroxyl groups excluding tert-OH is 1. The number of hydrogen-bond acceptors (Lipinski definition) is 4. The maximum atomic E-state index is 13.1. The van der Waals surface area contributed by atoms with Gasteiger partial charge in [0, 0.05) is 6.04 Å². The van der Waals surface area contributed by atoms with Crippen molar-refractivity contribution in [1.29, 1.82) is 0 Å². The standard InChI is InChI=1S/C21H28N4O2S/c1-24-10-12-25(13-11-24)20-17(8-9-18(23-20)19-3-2-14-28-19)21(27)22-15-4-6-16(26)7-5-15/h2-3,8-9,14-16,26H,4-7,10-13H2,1H3,(H,22,27)/p+2. The van der Waals surface area contributed by atoms with E-state index in [2.05, 4.69) is 33.7 Å². The van der Waals surface area contributed by atoms with Crippen LogP contribution in [-0.2, 0) is 0 Å². The third kappa shape index (κ3) is 4.37. The predicted molar refractivity (Wildman–Crippen MR) is 111 cm³/mol. The van der Waals surface area contributed by atoms with E-state index in [9.17, 15) is 9.90 Å². The van der Waals surface area contributed by atoms with Crippen LogP contribution in [0.25, 0.3) is 10.6 Å². The predicted octanol–water partition coefficient (Wildman–Crippen LogP) is 0.597. The van der Waals surface area contributed by atoms with Crippen LogP contribution in [0, 0.1) is 0 Å². The van der Waals surface area contributed by atoms with E-state index >= 15 is 0 Å². The number of aliphatic hydroxyl groups is 1. The fourth-order valence-corrected chi connectivity index (χ4v) is 4.79. The molecule has 1 saturated carbocycles. The summed E-state index contributed by atoms with van der Waals surface area (Å²) >= 11 is 1.70. The van der Waals surface area contributed by atoms with E-state index in [1.54, 1.807) is 11.3 Å². The Hall–Kier alpha value is -1.96. The van der Waals surface area contributed by atoms with Gasteiger partial charge >= 0.3 is 0 Å². The van der Waals surface area contributed by atoms with Crippen molar-refractivity contribution < 1.29 is 19.8 Å². The zero-order valence-electron chi connectivity index (χ0n) is 16.4. The summed E-state index contributed by atoms with van der Waals surface area (Å²) in [4.78, 5) is 21.7. The van der Waals surface area contributed by atoms with Gasteiger partial charge in [0.2, 0.25) is 0 Å². The highest BCUT2D eigenvalue weighted by molar-refractivity contribution is 7.13. The monoisotopic (exact) mass is 402 g/mol. The molecule has 1 aliphatic heterocycles. The number of rotatable bonds is 4. The molecular formula is C21H30N4O2S+2. The van der Waals surface area contributed by atoms with Gasteiger partial charge in [-0.15, -0.1) is 11.3 Å². The van der Waals surface area contributed by atoms with Crippen molar-refractivity contribution in [2.24, 2.45) is 0 Å². The van der Waals surface area contributed by atoms with Gasteiger partial charge < -0.3 is 15.3 Å². The lowest BCUT2D eigenvalue weighted by Gasteiger charge is -2.28. The maximum Gasteiger partial charge on any atom is 0.288 e. The summed E-state index contributed by atoms with van der Waals surface area (Å²) in [7, 11) is 2.22. The number of thiophene rings is 1. The fraction of sp³-hybridized carbons (Fsp3) is 0.524. The molecule has 1 amide bonds. The van der Waals surface area contributed by atoms with E-state index in [0.29, 0.717) is 5.56 Å². The summed E-state index contributed by atoms with van der Waals surface area (Å²) < 4.78 is 0. The van der Waals surface area contributed by atoms with Crippen LogP contribution in [0.1, 0.15) is 36.0 Å². The number of H-pyrrole nitrogens is 1. The van der Waals surface area contributed by atoms with Crippen molar-refractivity contribution in [3.05, 3.63) is 35.2 Å². The summed E-state index contributed by atoms with van der Waals surface area (Å²) in [6, 6.07) is 8.26. The molecule has 0 bridgehead atoms. The van der Waals surface area contributed by atoms with Crippen molar-refractivity contribution in [1.82, 2.24) is 5.32 Å². The zero-order valence-corrected chi connectivity index (χ0v) is 17.2. The number of carbonyl (C=O) groups is 1. The topological polar surface area (TPSA) is 71.2 Å². The Balaban J connectivity index is 1.58. The highest BCUT2D eigenvalue weighted by Gasteiger charge is 2.31. The minimum Gasteiger partial charge on any atom is -0.393 e. The average Bonchev–Trinajstić information content (AvgIpc) is 3.25. The zero-order chi connectivity index (χ0) is 19.5. The van der Waals surface area contributed by atoms with Crippen molar-refractivity contribution in [3.8, 4) is 10.6 Å². The third-order valence-electron chi connectivity index (χ3n) is 5.92. The molecule has 2 fully saturated rings. The second kappa shape index (κ2) is 8.59. The average molecular weight is 403 g/mol. The first kappa shape index (κ1) is 19.4. The quantitative estimate of drug-likeness (QED) is 0.701. The Bertz CT molecular complexity index is 795. The van der Waals surface area contributed by atoms with Crippen molar-refractivity contribution in [3.63, 3.8) is 0 Å². The van der Waals surface area contributed by atoms with Gasteiger partial charge in [0.25, 0.3) is 11.7 Å². The van der Waals surface area contributed by atoms with E-state index in [-0.39, 0.29) is 18.1 Å². The number of carbonyl (C=O) groups excluding carboxylic acids is 1. The lowest BCUT2D eigenvalue weighted by molar-refractivity contribution is -0.880. The van der Waals surface area contributed by atoms with Crippen molar-refractivity contribution in [2.45, 2.75) is 37.8 Å². The third-order valence-corrected chi connectivity index (χ3v) is 6.82. The summed E-state index contributed by atoms with van der Waals surface area (Å²) in [5.41, 5.74) is 1.76. The minimum atomic E-state index is -0.213. The summed E-state index contributed by atoms with van der Waals surface area (Å²) in [5.74, 6) is 0.906. The Labute approximate surface area is 170 Å². The van der Waals surface area contributed by atoms with Crippen LogP contribution >= 0.6 is 11.3 Å². The van der Waals surface area contributed by atoms with Crippen LogP contribution in [0.5, 0.6) is 0 Å². The minimum absolute atomic E-state index is 0.0170. The molecule has 0 spiro atoms. The van der Waals surface area contributed by atoms with Gasteiger partial charge in [0.1, 0.15) is 37.4 Å². The van der Waals surface area contributed by atoms with Gasteiger partial charge in [-0.1, -0.05) is 6.07 Å². The van der Waals surface area contributed by atoms with Crippen LogP contribution in [0.3, 0.4) is 0 Å². The Morgan fingerprint density at radius 2 is 1.96 bits per heavy atom. The van der Waals surface area contributed by atoms with Gasteiger partial charge in [-0.25, -0.2) is 9.88 Å². The van der Waals surface area contributed by atoms with Crippen LogP contribution < -0.4 is 20.1 Å². The number of quaternary nitrogens is 1. The molecule has 2 aromatic heterocycles. The number of nitrogens with one attached hydrogen (secondary N) is 3. The van der Waals surface area contributed by atoms with Gasteiger partial charge in [-0.05, 0) is 49.3 Å². The molecule has 0 radical (unpaired) electrons. The normalized spacial score (nSPS) is 23.6. The number of likely N-dealkylation sites (N-methyl/N-ethyl adjacent to an activating group) is 1. The van der Waals surface area contributed by atoms with Gasteiger partial charge in [0.15, 0.2) is 0 Å². The fourth-order valence-electron chi connectivity index (χ4n) is 4.09. The first-order valence-corrected chi connectivity index (χ1v) is 11.1. The van der Waals surface area contributed by atoms with Gasteiger partial charge in [0.05, 0.1) is 18.0 Å². The largest absolute Gasteiger partial charge is 0.393 e. The summed E-state index contributed by atoms with van der Waals surface area (Å²) in [6.45, 7) is 4.01. The molecule has 1 saturated heterocycles. The number of aromatic amines is 1. The highest BCUT2D eigenvalue weighted by atomic mass is 32.1. The van der Waals surface area contributed by atoms with E-state index < -0.39 is 0 Å². The number of pyridine rings is 1. The molecule has 2 aliphatic rings. The molecule has 3 heterocycles. The van der Waals surface area contributed by atoms with Crippen LogP contribution in [-0.4, -0.2) is 56.4 Å². The van der Waals surface area contributed by atoms with E-state index in [1.165, 1.54) is 9.78 Å². The van der Waals surface area contributed by atoms with Crippen molar-refractivity contribution >= 4 is 23.1 Å². The molecule has 1 aliphatic carbocycles. The Kier molecular flexibility index (Phi) is 5.94.